The van der Waals surface area contributed by atoms with Crippen molar-refractivity contribution < 1.29 is 4.74 Å². The van der Waals surface area contributed by atoms with Gasteiger partial charge in [0.2, 0.25) is 0 Å². The van der Waals surface area contributed by atoms with Crippen molar-refractivity contribution in [3.05, 3.63) is 29.8 Å². The number of ether oxygens (including phenoxy) is 1. The maximum atomic E-state index is 5.95. The zero-order valence-corrected chi connectivity index (χ0v) is 14.5. The fraction of sp³-hybridized carbons (Fsp3) is 0.588. The molecule has 124 valence electrons. The highest BCUT2D eigenvalue weighted by atomic mass is 16.5. The SMILES string of the molecule is COc1ccccc1C(CN=C(N)NCCC(C)C)N(C)C. The lowest BCUT2D eigenvalue weighted by atomic mass is 10.0. The molecule has 1 atom stereocenters. The van der Waals surface area contributed by atoms with E-state index in [0.29, 0.717) is 18.4 Å². The number of nitrogens with zero attached hydrogens (tertiary/aromatic N) is 2. The van der Waals surface area contributed by atoms with Crippen molar-refractivity contribution in [2.24, 2.45) is 16.6 Å². The molecule has 0 aliphatic carbocycles. The fourth-order valence-electron chi connectivity index (χ4n) is 2.21. The Morgan fingerprint density at radius 3 is 2.59 bits per heavy atom. The molecule has 22 heavy (non-hydrogen) atoms. The minimum absolute atomic E-state index is 0.126. The zero-order chi connectivity index (χ0) is 16.5. The van der Waals surface area contributed by atoms with Crippen LogP contribution >= 0.6 is 0 Å². The van der Waals surface area contributed by atoms with Crippen LogP contribution in [-0.2, 0) is 0 Å². The van der Waals surface area contributed by atoms with Crippen molar-refractivity contribution in [1.29, 1.82) is 0 Å². The smallest absolute Gasteiger partial charge is 0.188 e. The van der Waals surface area contributed by atoms with Crippen LogP contribution in [-0.4, -0.2) is 45.2 Å². The standard InChI is InChI=1S/C17H30N4O/c1-13(2)10-11-19-17(18)20-12-15(21(3)4)14-8-6-7-9-16(14)22-5/h6-9,13,15H,10-12H2,1-5H3,(H3,18,19,20). The number of benzene rings is 1. The second kappa shape index (κ2) is 9.30. The van der Waals surface area contributed by atoms with Gasteiger partial charge in [-0.3, -0.25) is 4.99 Å². The summed E-state index contributed by atoms with van der Waals surface area (Å²) in [5.74, 6) is 2.04. The molecular weight excluding hydrogens is 276 g/mol. The van der Waals surface area contributed by atoms with E-state index in [1.807, 2.05) is 32.3 Å². The second-order valence-corrected chi connectivity index (χ2v) is 6.06. The monoisotopic (exact) mass is 306 g/mol. The van der Waals surface area contributed by atoms with Crippen molar-refractivity contribution >= 4 is 5.96 Å². The van der Waals surface area contributed by atoms with Crippen molar-refractivity contribution in [2.75, 3.05) is 34.3 Å². The Bertz CT molecular complexity index is 471. The normalized spacial score (nSPS) is 13.5. The van der Waals surface area contributed by atoms with Crippen LogP contribution in [0.25, 0.3) is 0 Å². The summed E-state index contributed by atoms with van der Waals surface area (Å²) < 4.78 is 5.45. The number of nitrogens with two attached hydrogens (primary N) is 1. The van der Waals surface area contributed by atoms with Crippen LogP contribution in [0.15, 0.2) is 29.3 Å². The highest BCUT2D eigenvalue weighted by Crippen LogP contribution is 2.27. The molecule has 0 aliphatic rings. The van der Waals surface area contributed by atoms with Gasteiger partial charge in [-0.05, 0) is 32.5 Å². The molecule has 0 spiro atoms. The van der Waals surface area contributed by atoms with Gasteiger partial charge < -0.3 is 20.7 Å². The predicted octanol–water partition coefficient (Wildman–Crippen LogP) is 2.25. The number of hydrogen-bond donors (Lipinski definition) is 2. The first-order valence-corrected chi connectivity index (χ1v) is 7.78. The van der Waals surface area contributed by atoms with Gasteiger partial charge >= 0.3 is 0 Å². The number of methoxy groups -OCH3 is 1. The van der Waals surface area contributed by atoms with Gasteiger partial charge in [0, 0.05) is 12.1 Å². The maximum Gasteiger partial charge on any atom is 0.188 e. The highest BCUT2D eigenvalue weighted by Gasteiger charge is 2.17. The number of hydrogen-bond acceptors (Lipinski definition) is 3. The fourth-order valence-corrected chi connectivity index (χ4v) is 2.21. The van der Waals surface area contributed by atoms with E-state index in [1.165, 1.54) is 0 Å². The lowest BCUT2D eigenvalue weighted by Gasteiger charge is -2.25. The zero-order valence-electron chi connectivity index (χ0n) is 14.5. The van der Waals surface area contributed by atoms with Crippen LogP contribution in [0.3, 0.4) is 0 Å². The summed E-state index contributed by atoms with van der Waals surface area (Å²) in [6, 6.07) is 8.16. The summed E-state index contributed by atoms with van der Waals surface area (Å²) in [6.07, 6.45) is 1.08. The molecule has 0 radical (unpaired) electrons. The van der Waals surface area contributed by atoms with E-state index in [-0.39, 0.29) is 6.04 Å². The summed E-state index contributed by atoms with van der Waals surface area (Å²) in [7, 11) is 5.76. The molecule has 5 heteroatoms. The summed E-state index contributed by atoms with van der Waals surface area (Å²) in [5.41, 5.74) is 7.07. The van der Waals surface area contributed by atoms with Crippen molar-refractivity contribution in [2.45, 2.75) is 26.3 Å². The molecule has 0 saturated heterocycles. The molecule has 5 nitrogen and oxygen atoms in total. The first-order valence-electron chi connectivity index (χ1n) is 7.78. The van der Waals surface area contributed by atoms with Gasteiger partial charge in [-0.25, -0.2) is 0 Å². The van der Waals surface area contributed by atoms with Crippen LogP contribution in [0.1, 0.15) is 31.9 Å². The van der Waals surface area contributed by atoms with Gasteiger partial charge in [-0.1, -0.05) is 32.0 Å². The Morgan fingerprint density at radius 1 is 1.32 bits per heavy atom. The van der Waals surface area contributed by atoms with Gasteiger partial charge in [-0.15, -0.1) is 0 Å². The molecule has 1 unspecified atom stereocenters. The number of guanidine groups is 1. The van der Waals surface area contributed by atoms with Crippen LogP contribution in [0.2, 0.25) is 0 Å². The molecule has 0 bridgehead atoms. The average molecular weight is 306 g/mol. The Balaban J connectivity index is 2.72. The Hall–Kier alpha value is -1.75. The Morgan fingerprint density at radius 2 is 2.00 bits per heavy atom. The topological polar surface area (TPSA) is 62.9 Å². The van der Waals surface area contributed by atoms with E-state index < -0.39 is 0 Å². The summed E-state index contributed by atoms with van der Waals surface area (Å²) >= 11 is 0. The summed E-state index contributed by atoms with van der Waals surface area (Å²) in [4.78, 5) is 6.61. The summed E-state index contributed by atoms with van der Waals surface area (Å²) in [5, 5.41) is 3.17. The van der Waals surface area contributed by atoms with E-state index in [0.717, 1.165) is 24.3 Å². The lowest BCUT2D eigenvalue weighted by Crippen LogP contribution is -2.34. The van der Waals surface area contributed by atoms with Crippen LogP contribution in [0.5, 0.6) is 5.75 Å². The average Bonchev–Trinajstić information content (AvgIpc) is 2.47. The number of rotatable bonds is 8. The van der Waals surface area contributed by atoms with E-state index in [4.69, 9.17) is 10.5 Å². The van der Waals surface area contributed by atoms with Crippen molar-refractivity contribution in [3.8, 4) is 5.75 Å². The van der Waals surface area contributed by atoms with Gasteiger partial charge in [0.25, 0.3) is 0 Å². The molecule has 0 aliphatic heterocycles. The minimum atomic E-state index is 0.126. The molecule has 1 aromatic rings. The maximum absolute atomic E-state index is 5.95. The summed E-state index contributed by atoms with van der Waals surface area (Å²) in [6.45, 7) is 5.83. The minimum Gasteiger partial charge on any atom is -0.496 e. The Labute approximate surface area is 134 Å². The number of aliphatic imine (C=N–C) groups is 1. The predicted molar refractivity (Wildman–Crippen MR) is 93.4 cm³/mol. The molecule has 1 rings (SSSR count). The molecule has 0 heterocycles. The van der Waals surface area contributed by atoms with Crippen LogP contribution in [0, 0.1) is 5.92 Å². The third kappa shape index (κ3) is 5.93. The highest BCUT2D eigenvalue weighted by molar-refractivity contribution is 5.77. The molecular formula is C17H30N4O. The molecule has 3 N–H and O–H groups in total. The molecule has 0 aromatic heterocycles. The molecule has 1 aromatic carbocycles. The van der Waals surface area contributed by atoms with E-state index >= 15 is 0 Å². The first-order chi connectivity index (χ1) is 10.5. The number of likely N-dealkylation sites (N-methyl/N-ethyl adjacent to an activating group) is 1. The van der Waals surface area contributed by atoms with Crippen LogP contribution in [0.4, 0.5) is 0 Å². The van der Waals surface area contributed by atoms with Gasteiger partial charge in [0.05, 0.1) is 19.7 Å². The van der Waals surface area contributed by atoms with E-state index in [9.17, 15) is 0 Å². The Kier molecular flexibility index (Phi) is 7.74. The van der Waals surface area contributed by atoms with E-state index in [2.05, 4.69) is 35.1 Å². The van der Waals surface area contributed by atoms with Gasteiger partial charge in [0.1, 0.15) is 5.75 Å². The number of para-hydroxylation sites is 1. The van der Waals surface area contributed by atoms with Crippen molar-refractivity contribution in [3.63, 3.8) is 0 Å². The molecule has 0 fully saturated rings. The third-order valence-corrected chi connectivity index (χ3v) is 3.58. The van der Waals surface area contributed by atoms with Crippen molar-refractivity contribution in [1.82, 2.24) is 10.2 Å². The lowest BCUT2D eigenvalue weighted by molar-refractivity contribution is 0.295. The van der Waals surface area contributed by atoms with Crippen LogP contribution < -0.4 is 15.8 Å². The quantitative estimate of drug-likeness (QED) is 0.571. The molecule has 0 amide bonds. The largest absolute Gasteiger partial charge is 0.496 e. The first kappa shape index (κ1) is 18.3. The van der Waals surface area contributed by atoms with E-state index in [1.54, 1.807) is 7.11 Å². The van der Waals surface area contributed by atoms with Gasteiger partial charge in [-0.2, -0.15) is 0 Å². The molecule has 0 saturated carbocycles. The second-order valence-electron chi connectivity index (χ2n) is 6.06. The third-order valence-electron chi connectivity index (χ3n) is 3.58. The van der Waals surface area contributed by atoms with Gasteiger partial charge in [0.15, 0.2) is 5.96 Å². The number of nitrogens with one attached hydrogen (secondary N) is 1.